The molecular weight excluding hydrogens is 148 g/mol. The first-order valence-corrected chi connectivity index (χ1v) is 3.40. The van der Waals surface area contributed by atoms with Gasteiger partial charge in [0.15, 0.2) is 0 Å². The lowest BCUT2D eigenvalue weighted by molar-refractivity contribution is -0.145. The smallest absolute Gasteiger partial charge is 0.312 e. The third-order valence-corrected chi connectivity index (χ3v) is 1.92. The molecule has 0 heterocycles. The van der Waals surface area contributed by atoms with Crippen molar-refractivity contribution in [2.75, 3.05) is 0 Å². The van der Waals surface area contributed by atoms with Gasteiger partial charge in [0, 0.05) is 6.04 Å². The van der Waals surface area contributed by atoms with Crippen LogP contribution < -0.4 is 11.1 Å². The van der Waals surface area contributed by atoms with Crippen LogP contribution in [-0.2, 0) is 4.79 Å². The molecule has 0 bridgehead atoms. The van der Waals surface area contributed by atoms with E-state index in [4.69, 9.17) is 10.8 Å². The van der Waals surface area contributed by atoms with Gasteiger partial charge in [-0.15, -0.1) is 0 Å². The van der Waals surface area contributed by atoms with Crippen molar-refractivity contribution in [3.8, 4) is 0 Å². The second-order valence-corrected chi connectivity index (χ2v) is 2.64. The lowest BCUT2D eigenvalue weighted by atomic mass is 9.80. The van der Waals surface area contributed by atoms with E-state index >= 15 is 0 Å². The number of aliphatic carboxylic acids is 1. The third kappa shape index (κ3) is 1.60. The van der Waals surface area contributed by atoms with Crippen molar-refractivity contribution in [3.05, 3.63) is 0 Å². The SMILES string of the molecule is NC(=O)N[C@H]1CC[C@H]1C(=O)O. The molecule has 1 saturated carbocycles. The minimum Gasteiger partial charge on any atom is -0.481 e. The summed E-state index contributed by atoms with van der Waals surface area (Å²) in [5.41, 5.74) is 4.82. The van der Waals surface area contributed by atoms with E-state index in [2.05, 4.69) is 5.32 Å². The van der Waals surface area contributed by atoms with Crippen molar-refractivity contribution >= 4 is 12.0 Å². The van der Waals surface area contributed by atoms with Gasteiger partial charge in [-0.1, -0.05) is 0 Å². The van der Waals surface area contributed by atoms with Gasteiger partial charge in [-0.25, -0.2) is 4.79 Å². The Balaban J connectivity index is 2.37. The summed E-state index contributed by atoms with van der Waals surface area (Å²) in [6, 6.07) is -0.911. The maximum absolute atomic E-state index is 10.4. The van der Waals surface area contributed by atoms with Crippen molar-refractivity contribution in [1.82, 2.24) is 5.32 Å². The van der Waals surface area contributed by atoms with Crippen LogP contribution in [0.5, 0.6) is 0 Å². The van der Waals surface area contributed by atoms with Crippen molar-refractivity contribution in [2.24, 2.45) is 11.7 Å². The molecule has 0 spiro atoms. The monoisotopic (exact) mass is 158 g/mol. The Hall–Kier alpha value is -1.26. The standard InChI is InChI=1S/C6H10N2O3/c7-6(11)8-4-2-1-3(4)5(9)10/h3-4H,1-2H2,(H,9,10)(H3,7,8,11)/t3-,4+/m1/s1. The molecule has 0 aromatic rings. The summed E-state index contributed by atoms with van der Waals surface area (Å²) in [6.07, 6.45) is 1.33. The summed E-state index contributed by atoms with van der Waals surface area (Å²) in [5.74, 6) is -1.31. The van der Waals surface area contributed by atoms with E-state index in [0.29, 0.717) is 12.8 Å². The van der Waals surface area contributed by atoms with Crippen LogP contribution in [0.3, 0.4) is 0 Å². The molecule has 0 aromatic carbocycles. The summed E-state index contributed by atoms with van der Waals surface area (Å²) in [5, 5.41) is 10.9. The number of hydrogen-bond donors (Lipinski definition) is 3. The van der Waals surface area contributed by atoms with Crippen LogP contribution in [0.2, 0.25) is 0 Å². The number of carbonyl (C=O) groups is 2. The predicted octanol–water partition coefficient (Wildman–Crippen LogP) is -0.482. The predicted molar refractivity (Wildman–Crippen MR) is 36.9 cm³/mol. The van der Waals surface area contributed by atoms with Crippen LogP contribution in [0.25, 0.3) is 0 Å². The molecule has 62 valence electrons. The van der Waals surface area contributed by atoms with Crippen molar-refractivity contribution < 1.29 is 14.7 Å². The average molecular weight is 158 g/mol. The number of nitrogens with two attached hydrogens (primary N) is 1. The molecule has 0 radical (unpaired) electrons. The maximum atomic E-state index is 10.4. The molecule has 0 aliphatic heterocycles. The number of carboxylic acids is 1. The molecule has 2 amide bonds. The molecule has 4 N–H and O–H groups in total. The minimum absolute atomic E-state index is 0.259. The van der Waals surface area contributed by atoms with E-state index in [0.717, 1.165) is 0 Å². The zero-order valence-corrected chi connectivity index (χ0v) is 5.91. The normalized spacial score (nSPS) is 28.7. The first-order chi connectivity index (χ1) is 5.11. The highest BCUT2D eigenvalue weighted by Gasteiger charge is 2.36. The summed E-state index contributed by atoms with van der Waals surface area (Å²) in [7, 11) is 0. The molecule has 5 heteroatoms. The van der Waals surface area contributed by atoms with Gasteiger partial charge >= 0.3 is 12.0 Å². The van der Waals surface area contributed by atoms with Gasteiger partial charge in [0.2, 0.25) is 0 Å². The van der Waals surface area contributed by atoms with Crippen molar-refractivity contribution in [1.29, 1.82) is 0 Å². The van der Waals surface area contributed by atoms with Crippen LogP contribution in [0.4, 0.5) is 4.79 Å². The first-order valence-electron chi connectivity index (χ1n) is 3.40. The Morgan fingerprint density at radius 2 is 2.09 bits per heavy atom. The van der Waals surface area contributed by atoms with Crippen LogP contribution in [0.15, 0.2) is 0 Å². The lowest BCUT2D eigenvalue weighted by Crippen LogP contribution is -2.51. The van der Waals surface area contributed by atoms with E-state index in [1.807, 2.05) is 0 Å². The second-order valence-electron chi connectivity index (χ2n) is 2.64. The number of urea groups is 1. The number of amides is 2. The average Bonchev–Trinajstić information content (AvgIpc) is 1.78. The van der Waals surface area contributed by atoms with Gasteiger partial charge in [-0.2, -0.15) is 0 Å². The van der Waals surface area contributed by atoms with Gasteiger partial charge < -0.3 is 16.2 Å². The van der Waals surface area contributed by atoms with E-state index in [1.165, 1.54) is 0 Å². The maximum Gasteiger partial charge on any atom is 0.312 e. The number of primary amides is 1. The molecule has 1 fully saturated rings. The third-order valence-electron chi connectivity index (χ3n) is 1.92. The van der Waals surface area contributed by atoms with E-state index in [-0.39, 0.29) is 6.04 Å². The highest BCUT2D eigenvalue weighted by molar-refractivity contribution is 5.76. The summed E-state index contributed by atoms with van der Waals surface area (Å²) in [6.45, 7) is 0. The Labute approximate surface area is 63.6 Å². The fraction of sp³-hybridized carbons (Fsp3) is 0.667. The molecule has 0 unspecified atom stereocenters. The molecule has 5 nitrogen and oxygen atoms in total. The lowest BCUT2D eigenvalue weighted by Gasteiger charge is -2.33. The molecule has 0 saturated heterocycles. The topological polar surface area (TPSA) is 92.4 Å². The Bertz CT molecular complexity index is 192. The van der Waals surface area contributed by atoms with Crippen LogP contribution >= 0.6 is 0 Å². The Morgan fingerprint density at radius 3 is 2.36 bits per heavy atom. The zero-order chi connectivity index (χ0) is 8.43. The number of hydrogen-bond acceptors (Lipinski definition) is 2. The minimum atomic E-state index is -0.866. The molecule has 1 aliphatic carbocycles. The summed E-state index contributed by atoms with van der Waals surface area (Å²) in [4.78, 5) is 20.7. The van der Waals surface area contributed by atoms with Gasteiger partial charge in [-0.05, 0) is 12.8 Å². The quantitative estimate of drug-likeness (QED) is 0.506. The summed E-state index contributed by atoms with van der Waals surface area (Å²) < 4.78 is 0. The van der Waals surface area contributed by atoms with Gasteiger partial charge in [0.1, 0.15) is 0 Å². The fourth-order valence-electron chi connectivity index (χ4n) is 1.15. The molecule has 1 rings (SSSR count). The molecular formula is C6H10N2O3. The van der Waals surface area contributed by atoms with Crippen molar-refractivity contribution in [3.63, 3.8) is 0 Å². The van der Waals surface area contributed by atoms with E-state index in [1.54, 1.807) is 0 Å². The van der Waals surface area contributed by atoms with E-state index < -0.39 is 17.9 Å². The number of nitrogens with one attached hydrogen (secondary N) is 1. The van der Waals surface area contributed by atoms with Crippen LogP contribution in [-0.4, -0.2) is 23.1 Å². The van der Waals surface area contributed by atoms with Gasteiger partial charge in [0.25, 0.3) is 0 Å². The molecule has 1 aliphatic rings. The largest absolute Gasteiger partial charge is 0.481 e. The van der Waals surface area contributed by atoms with Crippen LogP contribution in [0, 0.1) is 5.92 Å². The van der Waals surface area contributed by atoms with Gasteiger partial charge in [0.05, 0.1) is 5.92 Å². The highest BCUT2D eigenvalue weighted by atomic mass is 16.4. The van der Waals surface area contributed by atoms with Crippen molar-refractivity contribution in [2.45, 2.75) is 18.9 Å². The fourth-order valence-corrected chi connectivity index (χ4v) is 1.15. The van der Waals surface area contributed by atoms with Crippen LogP contribution in [0.1, 0.15) is 12.8 Å². The van der Waals surface area contributed by atoms with E-state index in [9.17, 15) is 9.59 Å². The van der Waals surface area contributed by atoms with Gasteiger partial charge in [-0.3, -0.25) is 4.79 Å². The Kier molecular flexibility index (Phi) is 1.98. The zero-order valence-electron chi connectivity index (χ0n) is 5.91. The Morgan fingerprint density at radius 1 is 1.45 bits per heavy atom. The first kappa shape index (κ1) is 7.84. The highest BCUT2D eigenvalue weighted by Crippen LogP contribution is 2.27. The summed E-state index contributed by atoms with van der Waals surface area (Å²) >= 11 is 0. The second kappa shape index (κ2) is 2.77. The molecule has 2 atom stereocenters. The molecule has 11 heavy (non-hydrogen) atoms. The number of carbonyl (C=O) groups excluding carboxylic acids is 1. The number of carboxylic acid groups (broad SMARTS) is 1. The number of rotatable bonds is 2. The molecule has 0 aromatic heterocycles.